The third kappa shape index (κ3) is 3.17. The summed E-state index contributed by atoms with van der Waals surface area (Å²) in [4.78, 5) is 23.6. The predicted molar refractivity (Wildman–Crippen MR) is 77.2 cm³/mol. The molecule has 0 atom stereocenters. The van der Waals surface area contributed by atoms with Gasteiger partial charge in [0.25, 0.3) is 11.6 Å². The molecule has 0 N–H and O–H groups in total. The number of rotatable bonds is 3. The Morgan fingerprint density at radius 1 is 1.29 bits per heavy atom. The van der Waals surface area contributed by atoms with E-state index >= 15 is 0 Å². The minimum atomic E-state index is -0.665. The van der Waals surface area contributed by atoms with Crippen LogP contribution in [0.15, 0.2) is 42.5 Å². The van der Waals surface area contributed by atoms with Gasteiger partial charge in [0, 0.05) is 24.4 Å². The van der Waals surface area contributed by atoms with Crippen molar-refractivity contribution in [1.29, 1.82) is 0 Å². The van der Waals surface area contributed by atoms with Gasteiger partial charge in [-0.3, -0.25) is 14.9 Å². The first-order valence-corrected chi connectivity index (χ1v) is 6.25. The van der Waals surface area contributed by atoms with E-state index in [1.807, 2.05) is 0 Å². The Labute approximate surface area is 124 Å². The first-order valence-electron chi connectivity index (χ1n) is 5.87. The highest BCUT2D eigenvalue weighted by molar-refractivity contribution is 6.32. The molecule has 0 radical (unpaired) electrons. The molecule has 0 spiro atoms. The number of amides is 1. The van der Waals surface area contributed by atoms with Crippen LogP contribution < -0.4 is 4.90 Å². The van der Waals surface area contributed by atoms with Crippen molar-refractivity contribution in [2.75, 3.05) is 11.9 Å². The summed E-state index contributed by atoms with van der Waals surface area (Å²) in [6.07, 6.45) is 0. The lowest BCUT2D eigenvalue weighted by Crippen LogP contribution is -2.26. The Bertz CT molecular complexity index is 721. The highest BCUT2D eigenvalue weighted by Crippen LogP contribution is 2.26. The van der Waals surface area contributed by atoms with Crippen LogP contribution in [0.1, 0.15) is 10.4 Å². The molecule has 2 rings (SSSR count). The summed E-state index contributed by atoms with van der Waals surface area (Å²) < 4.78 is 13.2. The molecule has 0 aliphatic heterocycles. The quantitative estimate of drug-likeness (QED) is 0.642. The van der Waals surface area contributed by atoms with Crippen LogP contribution in [0.3, 0.4) is 0 Å². The summed E-state index contributed by atoms with van der Waals surface area (Å²) in [6.45, 7) is 0. The van der Waals surface area contributed by atoms with Crippen molar-refractivity contribution in [3.63, 3.8) is 0 Å². The third-order valence-corrected chi connectivity index (χ3v) is 3.21. The van der Waals surface area contributed by atoms with Crippen LogP contribution in [0.5, 0.6) is 0 Å². The van der Waals surface area contributed by atoms with Gasteiger partial charge in [-0.25, -0.2) is 4.39 Å². The summed E-state index contributed by atoms with van der Waals surface area (Å²) >= 11 is 5.70. The molecule has 0 heterocycles. The van der Waals surface area contributed by atoms with E-state index in [9.17, 15) is 19.3 Å². The number of halogens is 2. The molecular formula is C14H10ClFN2O3. The zero-order valence-electron chi connectivity index (χ0n) is 10.9. The maximum absolute atomic E-state index is 13.2. The van der Waals surface area contributed by atoms with E-state index in [0.29, 0.717) is 5.69 Å². The van der Waals surface area contributed by atoms with Crippen LogP contribution in [-0.2, 0) is 0 Å². The topological polar surface area (TPSA) is 63.5 Å². The SMILES string of the molecule is CN(C(=O)c1ccc(Cl)c([N+](=O)[O-])c1)c1cccc(F)c1. The fourth-order valence-corrected chi connectivity index (χ4v) is 1.97. The van der Waals surface area contributed by atoms with Gasteiger partial charge in [0.2, 0.25) is 0 Å². The molecule has 1 amide bonds. The normalized spacial score (nSPS) is 10.2. The lowest BCUT2D eigenvalue weighted by atomic mass is 10.1. The molecule has 0 bridgehead atoms. The van der Waals surface area contributed by atoms with Gasteiger partial charge in [-0.2, -0.15) is 0 Å². The van der Waals surface area contributed by atoms with E-state index in [1.165, 1.54) is 42.3 Å². The van der Waals surface area contributed by atoms with Gasteiger partial charge < -0.3 is 4.90 Å². The summed E-state index contributed by atoms with van der Waals surface area (Å²) in [5.41, 5.74) is 0.0885. The van der Waals surface area contributed by atoms with Gasteiger partial charge in [0.15, 0.2) is 0 Å². The van der Waals surface area contributed by atoms with E-state index in [-0.39, 0.29) is 16.3 Å². The molecule has 108 valence electrons. The van der Waals surface area contributed by atoms with E-state index in [4.69, 9.17) is 11.6 Å². The minimum absolute atomic E-state index is 0.0510. The Kier molecular flexibility index (Phi) is 4.18. The molecule has 0 aromatic heterocycles. The predicted octanol–water partition coefficient (Wildman–Crippen LogP) is 3.66. The van der Waals surface area contributed by atoms with Crippen molar-refractivity contribution in [2.24, 2.45) is 0 Å². The second kappa shape index (κ2) is 5.88. The van der Waals surface area contributed by atoms with E-state index in [0.717, 1.165) is 6.07 Å². The van der Waals surface area contributed by atoms with Crippen LogP contribution in [-0.4, -0.2) is 17.9 Å². The average Bonchev–Trinajstić information content (AvgIpc) is 2.46. The van der Waals surface area contributed by atoms with Gasteiger partial charge >= 0.3 is 0 Å². The molecule has 0 unspecified atom stereocenters. The van der Waals surface area contributed by atoms with E-state index in [2.05, 4.69) is 0 Å². The lowest BCUT2D eigenvalue weighted by Gasteiger charge is -2.17. The van der Waals surface area contributed by atoms with Crippen LogP contribution in [0.25, 0.3) is 0 Å². The van der Waals surface area contributed by atoms with Crippen LogP contribution >= 0.6 is 11.6 Å². The summed E-state index contributed by atoms with van der Waals surface area (Å²) in [6, 6.07) is 9.25. The molecule has 2 aromatic carbocycles. The van der Waals surface area contributed by atoms with E-state index < -0.39 is 16.6 Å². The maximum Gasteiger partial charge on any atom is 0.288 e. The van der Waals surface area contributed by atoms with Crippen LogP contribution in [0.2, 0.25) is 5.02 Å². The summed E-state index contributed by atoms with van der Waals surface area (Å²) in [7, 11) is 1.46. The highest BCUT2D eigenvalue weighted by Gasteiger charge is 2.19. The molecule has 2 aromatic rings. The van der Waals surface area contributed by atoms with Crippen molar-refractivity contribution in [2.45, 2.75) is 0 Å². The lowest BCUT2D eigenvalue weighted by molar-refractivity contribution is -0.384. The average molecular weight is 309 g/mol. The van der Waals surface area contributed by atoms with Gasteiger partial charge in [0.1, 0.15) is 10.8 Å². The third-order valence-electron chi connectivity index (χ3n) is 2.89. The zero-order chi connectivity index (χ0) is 15.6. The molecule has 0 saturated carbocycles. The van der Waals surface area contributed by atoms with E-state index in [1.54, 1.807) is 6.07 Å². The number of nitro groups is 1. The first kappa shape index (κ1) is 14.9. The number of hydrogen-bond donors (Lipinski definition) is 0. The second-order valence-corrected chi connectivity index (χ2v) is 4.67. The second-order valence-electron chi connectivity index (χ2n) is 4.27. The van der Waals surface area contributed by atoms with Crippen molar-refractivity contribution in [3.8, 4) is 0 Å². The van der Waals surface area contributed by atoms with Gasteiger partial charge in [0.05, 0.1) is 4.92 Å². The zero-order valence-corrected chi connectivity index (χ0v) is 11.7. The Morgan fingerprint density at radius 2 is 2.00 bits per heavy atom. The molecule has 0 aliphatic carbocycles. The maximum atomic E-state index is 13.2. The molecule has 0 aliphatic rings. The smallest absolute Gasteiger partial charge is 0.288 e. The number of nitrogens with zero attached hydrogens (tertiary/aromatic N) is 2. The first-order chi connectivity index (χ1) is 9.90. The molecular weight excluding hydrogens is 299 g/mol. The van der Waals surface area contributed by atoms with Crippen LogP contribution in [0, 0.1) is 15.9 Å². The number of benzene rings is 2. The van der Waals surface area contributed by atoms with Gasteiger partial charge in [-0.15, -0.1) is 0 Å². The number of carbonyl (C=O) groups is 1. The number of nitro benzene ring substituents is 1. The summed E-state index contributed by atoms with van der Waals surface area (Å²) in [5.74, 6) is -0.977. The molecule has 5 nitrogen and oxygen atoms in total. The number of carbonyl (C=O) groups excluding carboxylic acids is 1. The van der Waals surface area contributed by atoms with Crippen LogP contribution in [0.4, 0.5) is 15.8 Å². The monoisotopic (exact) mass is 308 g/mol. The van der Waals surface area contributed by atoms with Crippen molar-refractivity contribution < 1.29 is 14.1 Å². The number of anilines is 1. The van der Waals surface area contributed by atoms with Gasteiger partial charge in [-0.05, 0) is 30.3 Å². The molecule has 0 fully saturated rings. The standard InChI is InChI=1S/C14H10ClFN2O3/c1-17(11-4-2-3-10(16)8-11)14(19)9-5-6-12(15)13(7-9)18(20)21/h2-8H,1H3. The van der Waals surface area contributed by atoms with Crippen molar-refractivity contribution in [1.82, 2.24) is 0 Å². The fraction of sp³-hybridized carbons (Fsp3) is 0.0714. The summed E-state index contributed by atoms with van der Waals surface area (Å²) in [5, 5.41) is 10.8. The largest absolute Gasteiger partial charge is 0.311 e. The minimum Gasteiger partial charge on any atom is -0.311 e. The van der Waals surface area contributed by atoms with Crippen molar-refractivity contribution in [3.05, 3.63) is 69.0 Å². The Hall–Kier alpha value is -2.47. The Balaban J connectivity index is 2.36. The Morgan fingerprint density at radius 3 is 2.62 bits per heavy atom. The van der Waals surface area contributed by atoms with Crippen molar-refractivity contribution >= 4 is 28.9 Å². The molecule has 21 heavy (non-hydrogen) atoms. The fourth-order valence-electron chi connectivity index (χ4n) is 1.78. The highest BCUT2D eigenvalue weighted by atomic mass is 35.5. The molecule has 7 heteroatoms. The number of hydrogen-bond acceptors (Lipinski definition) is 3. The molecule has 0 saturated heterocycles. The van der Waals surface area contributed by atoms with Gasteiger partial charge in [-0.1, -0.05) is 17.7 Å².